The molecule has 2 aromatic carbocycles. The minimum absolute atomic E-state index is 0.0353. The Bertz CT molecular complexity index is 914. The van der Waals surface area contributed by atoms with Gasteiger partial charge >= 0.3 is 0 Å². The first-order valence-corrected chi connectivity index (χ1v) is 9.48. The molecule has 1 amide bonds. The summed E-state index contributed by atoms with van der Waals surface area (Å²) in [4.78, 5) is 12.3. The molecule has 1 heterocycles. The van der Waals surface area contributed by atoms with Gasteiger partial charge in [0.15, 0.2) is 0 Å². The largest absolute Gasteiger partial charge is 0.489 e. The van der Waals surface area contributed by atoms with Crippen molar-refractivity contribution in [3.05, 3.63) is 81.7 Å². The molecule has 3 rings (SSSR count). The van der Waals surface area contributed by atoms with E-state index in [-0.39, 0.29) is 11.9 Å². The molecule has 0 aliphatic rings. The van der Waals surface area contributed by atoms with Crippen LogP contribution >= 0.6 is 11.6 Å². The van der Waals surface area contributed by atoms with E-state index in [2.05, 4.69) is 10.5 Å². The third-order valence-electron chi connectivity index (χ3n) is 4.60. The molecule has 3 aromatic rings. The summed E-state index contributed by atoms with van der Waals surface area (Å²) in [5, 5.41) is 7.60. The zero-order chi connectivity index (χ0) is 20.1. The van der Waals surface area contributed by atoms with Crippen molar-refractivity contribution < 1.29 is 14.1 Å². The maximum atomic E-state index is 12.3. The van der Waals surface area contributed by atoms with E-state index in [0.717, 1.165) is 33.9 Å². The van der Waals surface area contributed by atoms with E-state index in [1.807, 2.05) is 69.3 Å². The Hall–Kier alpha value is -2.79. The number of nitrogens with one attached hydrogen (secondary N) is 1. The van der Waals surface area contributed by atoms with E-state index in [1.54, 1.807) is 0 Å². The Morgan fingerprint density at radius 2 is 1.82 bits per heavy atom. The van der Waals surface area contributed by atoms with E-state index < -0.39 is 0 Å². The smallest absolute Gasteiger partial charge is 0.224 e. The molecule has 28 heavy (non-hydrogen) atoms. The molecule has 5 nitrogen and oxygen atoms in total. The highest BCUT2D eigenvalue weighted by Gasteiger charge is 2.11. The molecule has 146 valence electrons. The molecule has 1 atom stereocenters. The summed E-state index contributed by atoms with van der Waals surface area (Å²) in [5.74, 6) is 1.46. The molecule has 0 aliphatic carbocycles. The van der Waals surface area contributed by atoms with Crippen molar-refractivity contribution in [3.63, 3.8) is 0 Å². The number of rotatable bonds is 7. The van der Waals surface area contributed by atoms with E-state index in [0.29, 0.717) is 18.1 Å². The number of ether oxygens (including phenoxy) is 1. The van der Waals surface area contributed by atoms with Crippen LogP contribution in [0, 0.1) is 13.8 Å². The quantitative estimate of drug-likeness (QED) is 0.612. The normalized spacial score (nSPS) is 11.9. The molecule has 0 fully saturated rings. The van der Waals surface area contributed by atoms with Crippen LogP contribution in [0.2, 0.25) is 5.02 Å². The Kier molecular flexibility index (Phi) is 6.37. The first kappa shape index (κ1) is 20.0. The van der Waals surface area contributed by atoms with Crippen molar-refractivity contribution in [3.8, 4) is 5.75 Å². The van der Waals surface area contributed by atoms with Gasteiger partial charge in [0.2, 0.25) is 5.91 Å². The number of aromatic nitrogens is 1. The van der Waals surface area contributed by atoms with Crippen LogP contribution in [0.15, 0.2) is 53.1 Å². The van der Waals surface area contributed by atoms with Crippen LogP contribution in [0.1, 0.15) is 41.1 Å². The second-order valence-electron chi connectivity index (χ2n) is 6.75. The number of benzene rings is 2. The Balaban J connectivity index is 1.52. The average molecular weight is 399 g/mol. The highest BCUT2D eigenvalue weighted by Crippen LogP contribution is 2.19. The molecular weight excluding hydrogens is 376 g/mol. The number of halogens is 1. The van der Waals surface area contributed by atoms with Gasteiger partial charge in [-0.3, -0.25) is 4.79 Å². The summed E-state index contributed by atoms with van der Waals surface area (Å²) in [5.41, 5.74) is 3.73. The molecule has 0 bridgehead atoms. The van der Waals surface area contributed by atoms with Crippen molar-refractivity contribution in [2.24, 2.45) is 0 Å². The fourth-order valence-electron chi connectivity index (χ4n) is 2.88. The first-order chi connectivity index (χ1) is 13.4. The topological polar surface area (TPSA) is 64.4 Å². The maximum Gasteiger partial charge on any atom is 0.224 e. The molecule has 1 N–H and O–H groups in total. The Morgan fingerprint density at radius 3 is 2.43 bits per heavy atom. The van der Waals surface area contributed by atoms with Crippen LogP contribution < -0.4 is 10.1 Å². The Morgan fingerprint density at radius 1 is 1.14 bits per heavy atom. The van der Waals surface area contributed by atoms with Crippen molar-refractivity contribution >= 4 is 17.5 Å². The molecule has 0 saturated heterocycles. The van der Waals surface area contributed by atoms with Gasteiger partial charge in [-0.25, -0.2) is 0 Å². The fourth-order valence-corrected chi connectivity index (χ4v) is 3.01. The van der Waals surface area contributed by atoms with Gasteiger partial charge < -0.3 is 14.6 Å². The molecule has 1 unspecified atom stereocenters. The van der Waals surface area contributed by atoms with Gasteiger partial charge in [-0.2, -0.15) is 0 Å². The fraction of sp³-hybridized carbons (Fsp3) is 0.273. The predicted molar refractivity (Wildman–Crippen MR) is 108 cm³/mol. The van der Waals surface area contributed by atoms with Crippen molar-refractivity contribution in [2.75, 3.05) is 0 Å². The zero-order valence-corrected chi connectivity index (χ0v) is 16.9. The van der Waals surface area contributed by atoms with Crippen LogP contribution in [0.4, 0.5) is 0 Å². The van der Waals surface area contributed by atoms with E-state index in [9.17, 15) is 4.79 Å². The monoisotopic (exact) mass is 398 g/mol. The van der Waals surface area contributed by atoms with Crippen LogP contribution in [0.25, 0.3) is 0 Å². The van der Waals surface area contributed by atoms with Crippen LogP contribution in [-0.2, 0) is 17.8 Å². The molecule has 0 spiro atoms. The predicted octanol–water partition coefficient (Wildman–Crippen LogP) is 4.94. The minimum Gasteiger partial charge on any atom is -0.489 e. The number of carbonyl (C=O) groups is 1. The lowest BCUT2D eigenvalue weighted by Gasteiger charge is -2.14. The van der Waals surface area contributed by atoms with Gasteiger partial charge in [0.05, 0.1) is 23.7 Å². The van der Waals surface area contributed by atoms with Gasteiger partial charge in [-0.1, -0.05) is 41.0 Å². The highest BCUT2D eigenvalue weighted by molar-refractivity contribution is 6.30. The third-order valence-corrected chi connectivity index (χ3v) is 4.85. The number of carbonyl (C=O) groups excluding carboxylic acids is 1. The number of hydrogen-bond donors (Lipinski definition) is 1. The van der Waals surface area contributed by atoms with E-state index >= 15 is 0 Å². The second-order valence-corrected chi connectivity index (χ2v) is 7.19. The minimum atomic E-state index is -0.0811. The second kappa shape index (κ2) is 8.93. The number of aryl methyl sites for hydroxylation is 2. The lowest BCUT2D eigenvalue weighted by molar-refractivity contribution is -0.121. The van der Waals surface area contributed by atoms with Gasteiger partial charge in [-0.15, -0.1) is 0 Å². The summed E-state index contributed by atoms with van der Waals surface area (Å²) < 4.78 is 10.9. The molecule has 1 aromatic heterocycles. The molecule has 0 aliphatic heterocycles. The molecule has 0 saturated carbocycles. The number of amides is 1. The van der Waals surface area contributed by atoms with Crippen molar-refractivity contribution in [1.29, 1.82) is 0 Å². The summed E-state index contributed by atoms with van der Waals surface area (Å²) in [6, 6.07) is 14.9. The molecular formula is C22H23ClN2O3. The third kappa shape index (κ3) is 5.14. The van der Waals surface area contributed by atoms with E-state index in [4.69, 9.17) is 20.9 Å². The average Bonchev–Trinajstić information content (AvgIpc) is 2.99. The lowest BCUT2D eigenvalue weighted by atomic mass is 10.1. The van der Waals surface area contributed by atoms with Gasteiger partial charge in [-0.05, 0) is 56.2 Å². The lowest BCUT2D eigenvalue weighted by Crippen LogP contribution is -2.28. The number of hydrogen-bond acceptors (Lipinski definition) is 4. The summed E-state index contributed by atoms with van der Waals surface area (Å²) in [6.45, 7) is 6.11. The maximum absolute atomic E-state index is 12.3. The Labute approximate surface area is 169 Å². The van der Waals surface area contributed by atoms with Gasteiger partial charge in [0.25, 0.3) is 0 Å². The van der Waals surface area contributed by atoms with Crippen LogP contribution in [0.5, 0.6) is 5.75 Å². The standard InChI is InChI=1S/C22H23ClN2O3/c1-14(18-6-8-19(23)9-7-18)24-22(26)12-17-4-10-20(11-5-17)27-13-21-15(2)25-28-16(21)3/h4-11,14H,12-13H2,1-3H3,(H,24,26). The highest BCUT2D eigenvalue weighted by atomic mass is 35.5. The number of nitrogens with zero attached hydrogens (tertiary/aromatic N) is 1. The van der Waals surface area contributed by atoms with Crippen LogP contribution in [0.3, 0.4) is 0 Å². The van der Waals surface area contributed by atoms with Crippen molar-refractivity contribution in [1.82, 2.24) is 10.5 Å². The molecule has 0 radical (unpaired) electrons. The first-order valence-electron chi connectivity index (χ1n) is 9.10. The van der Waals surface area contributed by atoms with Crippen molar-refractivity contribution in [2.45, 2.75) is 39.8 Å². The van der Waals surface area contributed by atoms with E-state index in [1.165, 1.54) is 0 Å². The SMILES string of the molecule is Cc1noc(C)c1COc1ccc(CC(=O)NC(C)c2ccc(Cl)cc2)cc1. The summed E-state index contributed by atoms with van der Waals surface area (Å²) in [7, 11) is 0. The molecule has 6 heteroatoms. The zero-order valence-electron chi connectivity index (χ0n) is 16.2. The summed E-state index contributed by atoms with van der Waals surface area (Å²) in [6.07, 6.45) is 0.308. The van der Waals surface area contributed by atoms with Crippen LogP contribution in [-0.4, -0.2) is 11.1 Å². The van der Waals surface area contributed by atoms with Gasteiger partial charge in [0.1, 0.15) is 18.1 Å². The van der Waals surface area contributed by atoms with Gasteiger partial charge in [0, 0.05) is 5.02 Å². The summed E-state index contributed by atoms with van der Waals surface area (Å²) >= 11 is 5.90.